The van der Waals surface area contributed by atoms with Gasteiger partial charge in [-0.1, -0.05) is 20.8 Å². The van der Waals surface area contributed by atoms with Crippen molar-refractivity contribution in [1.82, 2.24) is 0 Å². The lowest BCUT2D eigenvalue weighted by Gasteiger charge is -2.34. The molecule has 21 heavy (non-hydrogen) atoms. The van der Waals surface area contributed by atoms with Crippen molar-refractivity contribution >= 4 is 0 Å². The Morgan fingerprint density at radius 3 is 1.81 bits per heavy atom. The van der Waals surface area contributed by atoms with Gasteiger partial charge in [0.05, 0.1) is 19.8 Å². The van der Waals surface area contributed by atoms with E-state index >= 15 is 0 Å². The Bertz CT molecular complexity index is 247. The first-order chi connectivity index (χ1) is 10.0. The lowest BCUT2D eigenvalue weighted by Crippen LogP contribution is -2.35. The Morgan fingerprint density at radius 1 is 0.714 bits per heavy atom. The zero-order valence-electron chi connectivity index (χ0n) is 15.0. The van der Waals surface area contributed by atoms with E-state index in [2.05, 4.69) is 20.8 Å². The minimum atomic E-state index is 0.0562. The first-order valence-corrected chi connectivity index (χ1v) is 8.06. The smallest absolute Gasteiger partial charge is 0.0545 e. The second-order valence-electron chi connectivity index (χ2n) is 6.43. The van der Waals surface area contributed by atoms with Gasteiger partial charge in [0.25, 0.3) is 0 Å². The maximum absolute atomic E-state index is 6.10. The molecule has 128 valence electrons. The van der Waals surface area contributed by atoms with E-state index in [1.54, 1.807) is 21.3 Å². The van der Waals surface area contributed by atoms with Crippen LogP contribution in [0.1, 0.15) is 46.5 Å². The van der Waals surface area contributed by atoms with Gasteiger partial charge in [0.1, 0.15) is 0 Å². The summed E-state index contributed by atoms with van der Waals surface area (Å²) in [6.07, 6.45) is 4.12. The second-order valence-corrected chi connectivity index (χ2v) is 6.43. The molecule has 0 aliphatic rings. The highest BCUT2D eigenvalue weighted by Gasteiger charge is 2.30. The zero-order chi connectivity index (χ0) is 16.2. The zero-order valence-corrected chi connectivity index (χ0v) is 15.0. The van der Waals surface area contributed by atoms with Crippen LogP contribution < -0.4 is 0 Å². The van der Waals surface area contributed by atoms with Crippen LogP contribution in [0.15, 0.2) is 0 Å². The summed E-state index contributed by atoms with van der Waals surface area (Å²) in [6.45, 7) is 10.4. The summed E-state index contributed by atoms with van der Waals surface area (Å²) in [5.41, 5.74) is 0.241. The van der Waals surface area contributed by atoms with E-state index in [9.17, 15) is 0 Å². The van der Waals surface area contributed by atoms with Gasteiger partial charge in [-0.3, -0.25) is 0 Å². The average molecular weight is 304 g/mol. The maximum atomic E-state index is 6.10. The summed E-state index contributed by atoms with van der Waals surface area (Å²) < 4.78 is 22.0. The monoisotopic (exact) mass is 304 g/mol. The van der Waals surface area contributed by atoms with Crippen molar-refractivity contribution in [2.24, 2.45) is 10.8 Å². The Hall–Kier alpha value is -0.160. The predicted octanol–water partition coefficient (Wildman–Crippen LogP) is 3.54. The molecule has 2 unspecified atom stereocenters. The first-order valence-electron chi connectivity index (χ1n) is 8.06. The van der Waals surface area contributed by atoms with E-state index in [-0.39, 0.29) is 10.8 Å². The van der Waals surface area contributed by atoms with E-state index in [1.807, 2.05) is 0 Å². The predicted molar refractivity (Wildman–Crippen MR) is 86.8 cm³/mol. The Balaban J connectivity index is 4.44. The molecular formula is C17H36O4. The van der Waals surface area contributed by atoms with Crippen molar-refractivity contribution < 1.29 is 18.9 Å². The molecule has 0 N–H and O–H groups in total. The lowest BCUT2D eigenvalue weighted by atomic mass is 9.82. The molecule has 0 aromatic heterocycles. The van der Waals surface area contributed by atoms with Crippen LogP contribution in [0.4, 0.5) is 0 Å². The Labute approximate surface area is 131 Å². The van der Waals surface area contributed by atoms with E-state index in [4.69, 9.17) is 18.9 Å². The summed E-state index contributed by atoms with van der Waals surface area (Å²) in [6, 6.07) is 0. The molecular weight excluding hydrogens is 268 g/mol. The van der Waals surface area contributed by atoms with E-state index in [1.165, 1.54) is 0 Å². The molecule has 0 aliphatic carbocycles. The van der Waals surface area contributed by atoms with Crippen molar-refractivity contribution in [2.75, 3.05) is 54.4 Å². The number of hydrogen-bond acceptors (Lipinski definition) is 4. The topological polar surface area (TPSA) is 36.9 Å². The fourth-order valence-electron chi connectivity index (χ4n) is 2.41. The maximum Gasteiger partial charge on any atom is 0.0545 e. The van der Waals surface area contributed by atoms with Crippen molar-refractivity contribution in [1.29, 1.82) is 0 Å². The minimum absolute atomic E-state index is 0.0562. The van der Waals surface area contributed by atoms with Crippen molar-refractivity contribution in [3.05, 3.63) is 0 Å². The molecule has 0 aliphatic heterocycles. The molecule has 4 heteroatoms. The van der Waals surface area contributed by atoms with E-state index in [0.717, 1.165) is 52.1 Å². The van der Waals surface area contributed by atoms with Crippen LogP contribution in [-0.4, -0.2) is 54.4 Å². The van der Waals surface area contributed by atoms with Crippen molar-refractivity contribution in [2.45, 2.75) is 46.5 Å². The average Bonchev–Trinajstić information content (AvgIpc) is 2.50. The summed E-state index contributed by atoms with van der Waals surface area (Å²) in [5, 5.41) is 0. The van der Waals surface area contributed by atoms with Gasteiger partial charge in [-0.25, -0.2) is 0 Å². The molecule has 0 fully saturated rings. The molecule has 4 nitrogen and oxygen atoms in total. The summed E-state index contributed by atoms with van der Waals surface area (Å²) >= 11 is 0. The molecule has 0 saturated heterocycles. The molecule has 0 heterocycles. The molecule has 0 radical (unpaired) electrons. The van der Waals surface area contributed by atoms with Gasteiger partial charge in [0.2, 0.25) is 0 Å². The first kappa shape index (κ1) is 20.8. The molecule has 0 spiro atoms. The fourth-order valence-corrected chi connectivity index (χ4v) is 2.41. The third-order valence-electron chi connectivity index (χ3n) is 4.66. The number of rotatable bonds is 14. The van der Waals surface area contributed by atoms with Crippen LogP contribution >= 0.6 is 0 Å². The van der Waals surface area contributed by atoms with Gasteiger partial charge in [0, 0.05) is 40.0 Å². The van der Waals surface area contributed by atoms with Crippen molar-refractivity contribution in [3.63, 3.8) is 0 Å². The highest BCUT2D eigenvalue weighted by molar-refractivity contribution is 4.79. The molecule has 2 atom stereocenters. The molecule has 0 aromatic rings. The van der Waals surface area contributed by atoms with Crippen LogP contribution in [0, 0.1) is 10.8 Å². The summed E-state index contributed by atoms with van der Waals surface area (Å²) in [5.74, 6) is 0. The highest BCUT2D eigenvalue weighted by atomic mass is 16.5. The van der Waals surface area contributed by atoms with Crippen LogP contribution in [0.2, 0.25) is 0 Å². The standard InChI is InChI=1S/C17H36O4/c1-7-16(3,9-11-18-4)13-21-15-17(8-2,14-20-6)10-12-19-5/h7-15H2,1-6H3. The van der Waals surface area contributed by atoms with Crippen LogP contribution in [-0.2, 0) is 18.9 Å². The number of ether oxygens (including phenoxy) is 4. The summed E-state index contributed by atoms with van der Waals surface area (Å²) in [4.78, 5) is 0. The highest BCUT2D eigenvalue weighted by Crippen LogP contribution is 2.31. The van der Waals surface area contributed by atoms with Gasteiger partial charge in [-0.15, -0.1) is 0 Å². The van der Waals surface area contributed by atoms with Crippen LogP contribution in [0.3, 0.4) is 0 Å². The quantitative estimate of drug-likeness (QED) is 0.492. The molecule has 0 rings (SSSR count). The third kappa shape index (κ3) is 8.15. The van der Waals surface area contributed by atoms with Gasteiger partial charge in [-0.2, -0.15) is 0 Å². The van der Waals surface area contributed by atoms with E-state index < -0.39 is 0 Å². The van der Waals surface area contributed by atoms with E-state index in [0.29, 0.717) is 6.61 Å². The SMILES string of the molecule is CCC(C)(CCOC)COCC(CC)(CCOC)COC. The van der Waals surface area contributed by atoms with Gasteiger partial charge in [-0.05, 0) is 31.1 Å². The van der Waals surface area contributed by atoms with Crippen molar-refractivity contribution in [3.8, 4) is 0 Å². The van der Waals surface area contributed by atoms with Gasteiger partial charge in [0.15, 0.2) is 0 Å². The second kappa shape index (κ2) is 11.4. The summed E-state index contributed by atoms with van der Waals surface area (Å²) in [7, 11) is 5.25. The van der Waals surface area contributed by atoms with Crippen LogP contribution in [0.25, 0.3) is 0 Å². The molecule has 0 amide bonds. The number of hydrogen-bond donors (Lipinski definition) is 0. The normalized spacial score (nSPS) is 17.4. The molecule has 0 bridgehead atoms. The Morgan fingerprint density at radius 2 is 1.33 bits per heavy atom. The minimum Gasteiger partial charge on any atom is -0.385 e. The van der Waals surface area contributed by atoms with Gasteiger partial charge < -0.3 is 18.9 Å². The van der Waals surface area contributed by atoms with Gasteiger partial charge >= 0.3 is 0 Å². The largest absolute Gasteiger partial charge is 0.385 e. The number of methoxy groups -OCH3 is 3. The van der Waals surface area contributed by atoms with Crippen LogP contribution in [0.5, 0.6) is 0 Å². The molecule has 0 aromatic carbocycles. The molecule has 0 saturated carbocycles. The fraction of sp³-hybridized carbons (Fsp3) is 1.00. The third-order valence-corrected chi connectivity index (χ3v) is 4.66. The lowest BCUT2D eigenvalue weighted by molar-refractivity contribution is -0.0533. The Kier molecular flexibility index (Phi) is 11.3.